The molecule has 2 fully saturated rings. The summed E-state index contributed by atoms with van der Waals surface area (Å²) in [6.07, 6.45) is 0.489. The van der Waals surface area contributed by atoms with E-state index in [9.17, 15) is 4.79 Å². The first kappa shape index (κ1) is 21.0. The number of carbonyl (C=O) groups excluding carboxylic acids is 1. The molecule has 0 spiro atoms. The van der Waals surface area contributed by atoms with E-state index in [2.05, 4.69) is 0 Å². The average Bonchev–Trinajstić information content (AvgIpc) is 3.15. The molecular formula is C21H32BNO5. The molecule has 1 amide bonds. The molecule has 6 nitrogen and oxygen atoms in total. The summed E-state index contributed by atoms with van der Waals surface area (Å²) in [7, 11) is -0.417. The standard InChI is InChI=1S/C21H32BNO5/c1-15(2)14-25-19(24)23-11-10-18(13-23)26-17-9-7-8-16(12-17)22-27-20(3,4)21(5,6)28-22/h7-9,12,15,18H,10-11,13-14H2,1-6H3. The van der Waals surface area contributed by atoms with Gasteiger partial charge in [0, 0.05) is 13.0 Å². The Morgan fingerprint density at radius 3 is 2.57 bits per heavy atom. The molecule has 154 valence electrons. The molecule has 1 unspecified atom stereocenters. The molecule has 2 heterocycles. The molecule has 0 aromatic heterocycles. The predicted octanol–water partition coefficient (Wildman–Crippen LogP) is 3.23. The van der Waals surface area contributed by atoms with Gasteiger partial charge in [-0.2, -0.15) is 0 Å². The minimum absolute atomic E-state index is 0.0415. The summed E-state index contributed by atoms with van der Waals surface area (Å²) in [6.45, 7) is 13.8. The SMILES string of the molecule is CC(C)COC(=O)N1CCC(Oc2cccc(B3OC(C)(C)C(C)(C)O3)c2)C1. The van der Waals surface area contributed by atoms with Gasteiger partial charge in [-0.25, -0.2) is 4.79 Å². The van der Waals surface area contributed by atoms with Crippen molar-refractivity contribution < 1.29 is 23.6 Å². The molecule has 3 rings (SSSR count). The monoisotopic (exact) mass is 389 g/mol. The van der Waals surface area contributed by atoms with Gasteiger partial charge in [-0.1, -0.05) is 26.0 Å². The summed E-state index contributed by atoms with van der Waals surface area (Å²) in [5.74, 6) is 1.09. The van der Waals surface area contributed by atoms with Gasteiger partial charge in [0.2, 0.25) is 0 Å². The molecule has 1 atom stereocenters. The Hall–Kier alpha value is -1.73. The van der Waals surface area contributed by atoms with E-state index in [4.69, 9.17) is 18.8 Å². The number of hydrogen-bond donors (Lipinski definition) is 0. The van der Waals surface area contributed by atoms with Crippen LogP contribution in [0, 0.1) is 5.92 Å². The van der Waals surface area contributed by atoms with E-state index in [1.807, 2.05) is 65.8 Å². The van der Waals surface area contributed by atoms with Crippen molar-refractivity contribution >= 4 is 18.7 Å². The molecule has 0 aliphatic carbocycles. The second-order valence-electron chi connectivity index (χ2n) is 9.11. The van der Waals surface area contributed by atoms with E-state index >= 15 is 0 Å². The highest BCUT2D eigenvalue weighted by molar-refractivity contribution is 6.62. The number of ether oxygens (including phenoxy) is 2. The van der Waals surface area contributed by atoms with Gasteiger partial charge in [-0.3, -0.25) is 0 Å². The normalized spacial score (nSPS) is 23.3. The second kappa shape index (κ2) is 7.95. The number of rotatable bonds is 5. The van der Waals surface area contributed by atoms with Crippen LogP contribution in [0.1, 0.15) is 48.0 Å². The van der Waals surface area contributed by atoms with Crippen LogP contribution in [-0.4, -0.2) is 55.1 Å². The van der Waals surface area contributed by atoms with Gasteiger partial charge in [0.25, 0.3) is 0 Å². The molecule has 2 saturated heterocycles. The van der Waals surface area contributed by atoms with Gasteiger partial charge in [0.05, 0.1) is 24.4 Å². The second-order valence-corrected chi connectivity index (χ2v) is 9.11. The zero-order valence-corrected chi connectivity index (χ0v) is 17.9. The van der Waals surface area contributed by atoms with E-state index in [1.165, 1.54) is 0 Å². The van der Waals surface area contributed by atoms with Gasteiger partial charge in [0.1, 0.15) is 11.9 Å². The summed E-state index contributed by atoms with van der Waals surface area (Å²) in [5, 5.41) is 0. The minimum Gasteiger partial charge on any atom is -0.489 e. The van der Waals surface area contributed by atoms with Crippen LogP contribution in [0.3, 0.4) is 0 Å². The highest BCUT2D eigenvalue weighted by Crippen LogP contribution is 2.36. The van der Waals surface area contributed by atoms with Crippen LogP contribution in [0.25, 0.3) is 0 Å². The molecule has 28 heavy (non-hydrogen) atoms. The molecular weight excluding hydrogens is 357 g/mol. The van der Waals surface area contributed by atoms with Crippen molar-refractivity contribution in [2.75, 3.05) is 19.7 Å². The van der Waals surface area contributed by atoms with Gasteiger partial charge < -0.3 is 23.7 Å². The molecule has 2 aliphatic heterocycles. The van der Waals surface area contributed by atoms with Crippen LogP contribution in [0.5, 0.6) is 5.75 Å². The number of amides is 1. The lowest BCUT2D eigenvalue weighted by Gasteiger charge is -2.32. The van der Waals surface area contributed by atoms with Gasteiger partial charge in [-0.15, -0.1) is 0 Å². The van der Waals surface area contributed by atoms with E-state index in [0.717, 1.165) is 17.6 Å². The maximum Gasteiger partial charge on any atom is 0.494 e. The first-order chi connectivity index (χ1) is 13.1. The smallest absolute Gasteiger partial charge is 0.489 e. The zero-order chi connectivity index (χ0) is 20.5. The highest BCUT2D eigenvalue weighted by Gasteiger charge is 2.51. The Balaban J connectivity index is 1.58. The Bertz CT molecular complexity index is 690. The molecule has 0 N–H and O–H groups in total. The summed E-state index contributed by atoms with van der Waals surface area (Å²) in [5.41, 5.74) is 0.176. The van der Waals surface area contributed by atoms with Crippen molar-refractivity contribution in [1.82, 2.24) is 4.90 Å². The lowest BCUT2D eigenvalue weighted by atomic mass is 9.79. The van der Waals surface area contributed by atoms with E-state index < -0.39 is 7.12 Å². The van der Waals surface area contributed by atoms with Crippen molar-refractivity contribution in [2.45, 2.75) is 65.3 Å². The van der Waals surface area contributed by atoms with Crippen molar-refractivity contribution in [3.8, 4) is 5.75 Å². The molecule has 2 aliphatic rings. The summed E-state index contributed by atoms with van der Waals surface area (Å²) in [6, 6.07) is 7.81. The Kier molecular flexibility index (Phi) is 5.96. The van der Waals surface area contributed by atoms with Crippen LogP contribution in [0.2, 0.25) is 0 Å². The van der Waals surface area contributed by atoms with Crippen molar-refractivity contribution in [3.05, 3.63) is 24.3 Å². The highest BCUT2D eigenvalue weighted by atomic mass is 16.7. The lowest BCUT2D eigenvalue weighted by Crippen LogP contribution is -2.41. The van der Waals surface area contributed by atoms with Crippen LogP contribution < -0.4 is 10.2 Å². The topological polar surface area (TPSA) is 57.2 Å². The fraction of sp³-hybridized carbons (Fsp3) is 0.667. The van der Waals surface area contributed by atoms with E-state index in [-0.39, 0.29) is 23.4 Å². The van der Waals surface area contributed by atoms with Crippen molar-refractivity contribution in [3.63, 3.8) is 0 Å². The predicted molar refractivity (Wildman–Crippen MR) is 109 cm³/mol. The first-order valence-electron chi connectivity index (χ1n) is 10.1. The Morgan fingerprint density at radius 1 is 1.25 bits per heavy atom. The quantitative estimate of drug-likeness (QED) is 0.724. The summed E-state index contributed by atoms with van der Waals surface area (Å²) < 4.78 is 23.7. The fourth-order valence-corrected chi connectivity index (χ4v) is 3.23. The fourth-order valence-electron chi connectivity index (χ4n) is 3.23. The van der Waals surface area contributed by atoms with Gasteiger partial charge in [-0.05, 0) is 51.2 Å². The Labute approximate surface area is 168 Å². The number of nitrogens with zero attached hydrogens (tertiary/aromatic N) is 1. The largest absolute Gasteiger partial charge is 0.494 e. The number of benzene rings is 1. The average molecular weight is 389 g/mol. The molecule has 1 aromatic rings. The van der Waals surface area contributed by atoms with E-state index in [0.29, 0.717) is 25.6 Å². The van der Waals surface area contributed by atoms with Gasteiger partial charge >= 0.3 is 13.2 Å². The molecule has 1 aromatic carbocycles. The van der Waals surface area contributed by atoms with Crippen LogP contribution in [-0.2, 0) is 14.0 Å². The van der Waals surface area contributed by atoms with Crippen molar-refractivity contribution in [2.24, 2.45) is 5.92 Å². The molecule has 7 heteroatoms. The molecule has 0 radical (unpaired) electrons. The minimum atomic E-state index is -0.417. The summed E-state index contributed by atoms with van der Waals surface area (Å²) in [4.78, 5) is 13.8. The van der Waals surface area contributed by atoms with Crippen molar-refractivity contribution in [1.29, 1.82) is 0 Å². The zero-order valence-electron chi connectivity index (χ0n) is 17.9. The third-order valence-electron chi connectivity index (χ3n) is 5.63. The third kappa shape index (κ3) is 4.63. The van der Waals surface area contributed by atoms with E-state index in [1.54, 1.807) is 4.90 Å². The molecule has 0 saturated carbocycles. The van der Waals surface area contributed by atoms with Gasteiger partial charge in [0.15, 0.2) is 0 Å². The number of hydrogen-bond acceptors (Lipinski definition) is 5. The maximum atomic E-state index is 12.1. The van der Waals surface area contributed by atoms with Crippen LogP contribution in [0.15, 0.2) is 24.3 Å². The number of likely N-dealkylation sites (tertiary alicyclic amines) is 1. The third-order valence-corrected chi connectivity index (χ3v) is 5.63. The van der Waals surface area contributed by atoms with Crippen LogP contribution in [0.4, 0.5) is 4.79 Å². The first-order valence-corrected chi connectivity index (χ1v) is 10.1. The van der Waals surface area contributed by atoms with Crippen LogP contribution >= 0.6 is 0 Å². The Morgan fingerprint density at radius 2 is 1.93 bits per heavy atom. The number of carbonyl (C=O) groups is 1. The lowest BCUT2D eigenvalue weighted by molar-refractivity contribution is 0.00578. The maximum absolute atomic E-state index is 12.1. The molecule has 0 bridgehead atoms. The summed E-state index contributed by atoms with van der Waals surface area (Å²) >= 11 is 0.